The summed E-state index contributed by atoms with van der Waals surface area (Å²) >= 11 is 5.55. The van der Waals surface area contributed by atoms with Crippen molar-refractivity contribution in [3.8, 4) is 5.75 Å². The predicted octanol–water partition coefficient (Wildman–Crippen LogP) is 8.01. The van der Waals surface area contributed by atoms with Gasteiger partial charge in [-0.25, -0.2) is 0 Å². The molecular weight excluding hydrogens is 430 g/mol. The third-order valence-electron chi connectivity index (χ3n) is 5.55. The van der Waals surface area contributed by atoms with Crippen LogP contribution in [0, 0.1) is 0 Å². The average Bonchev–Trinajstić information content (AvgIpc) is 3.29. The Morgan fingerprint density at radius 2 is 1.79 bits per heavy atom. The number of anilines is 2. The molecule has 2 heterocycles. The van der Waals surface area contributed by atoms with Crippen molar-refractivity contribution < 1.29 is 4.74 Å². The van der Waals surface area contributed by atoms with Gasteiger partial charge >= 0.3 is 0 Å². The minimum atomic E-state index is 0.393. The fourth-order valence-electron chi connectivity index (χ4n) is 4.09. The number of thioether (sulfide) groups is 1. The molecule has 0 radical (unpaired) electrons. The van der Waals surface area contributed by atoms with Crippen LogP contribution in [-0.4, -0.2) is 12.6 Å². The van der Waals surface area contributed by atoms with Gasteiger partial charge in [-0.05, 0) is 59.9 Å². The predicted molar refractivity (Wildman–Crippen MR) is 125 cm³/mol. The Bertz CT molecular complexity index is 820. The van der Waals surface area contributed by atoms with Gasteiger partial charge in [0, 0.05) is 15.8 Å². The number of benzene rings is 2. The van der Waals surface area contributed by atoms with E-state index in [4.69, 9.17) is 4.74 Å². The molecule has 0 fully saturated rings. The number of hydrogen-bond donors (Lipinski definition) is 0. The molecule has 28 heavy (non-hydrogen) atoms. The topological polar surface area (TPSA) is 12.5 Å². The first kappa shape index (κ1) is 19.9. The summed E-state index contributed by atoms with van der Waals surface area (Å²) < 4.78 is 7.11. The summed E-state index contributed by atoms with van der Waals surface area (Å²) in [5.41, 5.74) is 3.96. The Hall–Kier alpha value is -1.39. The highest BCUT2D eigenvalue weighted by Gasteiger charge is 2.40. The maximum absolute atomic E-state index is 5.96. The summed E-state index contributed by atoms with van der Waals surface area (Å²) in [5.74, 6) is 0.973. The van der Waals surface area contributed by atoms with Crippen LogP contribution in [0.25, 0.3) is 0 Å². The maximum atomic E-state index is 5.96. The Balaban J connectivity index is 1.38. The zero-order valence-electron chi connectivity index (χ0n) is 16.4. The summed E-state index contributed by atoms with van der Waals surface area (Å²) in [6.45, 7) is 3.07. The molecule has 0 saturated carbocycles. The lowest BCUT2D eigenvalue weighted by Gasteiger charge is -2.26. The van der Waals surface area contributed by atoms with Crippen molar-refractivity contribution in [1.29, 1.82) is 0 Å². The summed E-state index contributed by atoms with van der Waals surface area (Å²) in [4.78, 5) is 2.46. The first-order valence-electron chi connectivity index (χ1n) is 10.4. The molecule has 0 amide bonds. The Kier molecular flexibility index (Phi) is 6.69. The van der Waals surface area contributed by atoms with E-state index in [2.05, 4.69) is 81.7 Å². The van der Waals surface area contributed by atoms with E-state index in [0.717, 1.165) is 23.2 Å². The molecule has 0 spiro atoms. The van der Waals surface area contributed by atoms with E-state index in [-0.39, 0.29) is 0 Å². The van der Waals surface area contributed by atoms with Crippen molar-refractivity contribution in [2.24, 2.45) is 0 Å². The van der Waals surface area contributed by atoms with Crippen LogP contribution in [0.2, 0.25) is 0 Å². The van der Waals surface area contributed by atoms with Crippen LogP contribution in [0.1, 0.15) is 56.3 Å². The summed E-state index contributed by atoms with van der Waals surface area (Å²) in [6, 6.07) is 15.7. The third kappa shape index (κ3) is 4.28. The molecule has 2 aromatic carbocycles. The Labute approximate surface area is 181 Å². The minimum absolute atomic E-state index is 0.393. The van der Waals surface area contributed by atoms with Crippen molar-refractivity contribution in [2.75, 3.05) is 11.5 Å². The van der Waals surface area contributed by atoms with E-state index in [0.29, 0.717) is 11.3 Å². The Morgan fingerprint density at radius 3 is 2.61 bits per heavy atom. The first-order chi connectivity index (χ1) is 13.8. The SMILES string of the molecule is CCCCCCCCOc1ccc(N2c3ccc(Br)cc3C3SC=CC32)cc1. The van der Waals surface area contributed by atoms with E-state index in [1.807, 2.05) is 11.8 Å². The van der Waals surface area contributed by atoms with E-state index >= 15 is 0 Å². The number of nitrogens with zero attached hydrogens (tertiary/aromatic N) is 1. The molecule has 2 aromatic rings. The highest BCUT2D eigenvalue weighted by Crippen LogP contribution is 2.54. The smallest absolute Gasteiger partial charge is 0.119 e. The fourth-order valence-corrected chi connectivity index (χ4v) is 5.60. The number of ether oxygens (including phenoxy) is 1. The van der Waals surface area contributed by atoms with Gasteiger partial charge < -0.3 is 9.64 Å². The number of unbranched alkanes of at least 4 members (excludes halogenated alkanes) is 5. The molecule has 2 aliphatic rings. The van der Waals surface area contributed by atoms with E-state index in [1.54, 1.807) is 0 Å². The van der Waals surface area contributed by atoms with Gasteiger partial charge in [0.25, 0.3) is 0 Å². The van der Waals surface area contributed by atoms with Crippen molar-refractivity contribution >= 4 is 39.1 Å². The second kappa shape index (κ2) is 9.41. The normalized spacial score (nSPS) is 19.7. The standard InChI is InChI=1S/C24H28BrNOS/c1-2-3-4-5-6-7-15-27-20-11-9-19(10-12-20)26-22-13-8-18(25)17-21(22)24-23(26)14-16-28-24/h8-14,16-17,23-24H,2-7,15H2,1H3. The van der Waals surface area contributed by atoms with E-state index in [9.17, 15) is 0 Å². The number of rotatable bonds is 9. The molecule has 4 rings (SSSR count). The maximum Gasteiger partial charge on any atom is 0.119 e. The van der Waals surface area contributed by atoms with Crippen LogP contribution in [0.3, 0.4) is 0 Å². The number of fused-ring (bicyclic) bond motifs is 3. The van der Waals surface area contributed by atoms with Crippen molar-refractivity contribution in [2.45, 2.75) is 56.7 Å². The largest absolute Gasteiger partial charge is 0.494 e. The highest BCUT2D eigenvalue weighted by atomic mass is 79.9. The molecule has 0 aromatic heterocycles. The molecule has 0 N–H and O–H groups in total. The van der Waals surface area contributed by atoms with Gasteiger partial charge in [0.05, 0.1) is 17.9 Å². The summed E-state index contributed by atoms with van der Waals surface area (Å²) in [7, 11) is 0. The fraction of sp³-hybridized carbons (Fsp3) is 0.417. The van der Waals surface area contributed by atoms with Crippen molar-refractivity contribution in [3.05, 3.63) is 64.0 Å². The number of hydrogen-bond acceptors (Lipinski definition) is 3. The van der Waals surface area contributed by atoms with E-state index in [1.165, 1.54) is 49.0 Å². The molecule has 0 saturated heterocycles. The first-order valence-corrected chi connectivity index (χ1v) is 12.1. The van der Waals surface area contributed by atoms with Crippen LogP contribution in [0.5, 0.6) is 5.75 Å². The van der Waals surface area contributed by atoms with Crippen LogP contribution >= 0.6 is 27.7 Å². The van der Waals surface area contributed by atoms with Crippen molar-refractivity contribution in [1.82, 2.24) is 0 Å². The third-order valence-corrected chi connectivity index (χ3v) is 7.18. The molecule has 2 nitrogen and oxygen atoms in total. The molecule has 2 unspecified atom stereocenters. The minimum Gasteiger partial charge on any atom is -0.494 e. The molecule has 0 bridgehead atoms. The lowest BCUT2D eigenvalue weighted by molar-refractivity contribution is 0.304. The monoisotopic (exact) mass is 457 g/mol. The van der Waals surface area contributed by atoms with Crippen molar-refractivity contribution in [3.63, 3.8) is 0 Å². The second-order valence-electron chi connectivity index (χ2n) is 7.56. The van der Waals surface area contributed by atoms with Crippen LogP contribution in [0.4, 0.5) is 11.4 Å². The summed E-state index contributed by atoms with van der Waals surface area (Å²) in [6.07, 6.45) is 10.1. The highest BCUT2D eigenvalue weighted by molar-refractivity contribution is 9.10. The quantitative estimate of drug-likeness (QED) is 0.353. The van der Waals surface area contributed by atoms with Gasteiger partial charge in [0.1, 0.15) is 5.75 Å². The lowest BCUT2D eigenvalue weighted by Crippen LogP contribution is -2.25. The van der Waals surface area contributed by atoms with E-state index < -0.39 is 0 Å². The Morgan fingerprint density at radius 1 is 1.00 bits per heavy atom. The molecular formula is C24H28BrNOS. The zero-order valence-corrected chi connectivity index (χ0v) is 18.8. The molecule has 4 heteroatoms. The van der Waals surface area contributed by atoms with Gasteiger partial charge in [-0.1, -0.05) is 61.0 Å². The average molecular weight is 458 g/mol. The van der Waals surface area contributed by atoms with Gasteiger partial charge in [0.15, 0.2) is 0 Å². The molecule has 148 valence electrons. The molecule has 0 aliphatic carbocycles. The van der Waals surface area contributed by atoms with Crippen LogP contribution in [-0.2, 0) is 0 Å². The second-order valence-corrected chi connectivity index (χ2v) is 9.53. The molecule has 2 aliphatic heterocycles. The van der Waals surface area contributed by atoms with Gasteiger partial charge in [0.2, 0.25) is 0 Å². The number of halogens is 1. The van der Waals surface area contributed by atoms with Crippen LogP contribution in [0.15, 0.2) is 58.4 Å². The van der Waals surface area contributed by atoms with Gasteiger partial charge in [-0.15, -0.1) is 11.8 Å². The zero-order chi connectivity index (χ0) is 19.3. The van der Waals surface area contributed by atoms with Gasteiger partial charge in [-0.2, -0.15) is 0 Å². The lowest BCUT2D eigenvalue weighted by atomic mass is 10.1. The van der Waals surface area contributed by atoms with Gasteiger partial charge in [-0.3, -0.25) is 0 Å². The van der Waals surface area contributed by atoms with Crippen LogP contribution < -0.4 is 9.64 Å². The molecule has 2 atom stereocenters. The summed E-state index contributed by atoms with van der Waals surface area (Å²) in [5, 5.41) is 2.72.